The van der Waals surface area contributed by atoms with E-state index in [0.717, 1.165) is 16.6 Å². The number of aromatic nitrogens is 2. The zero-order valence-corrected chi connectivity index (χ0v) is 13.8. The Morgan fingerprint density at radius 2 is 1.81 bits per heavy atom. The van der Waals surface area contributed by atoms with Crippen molar-refractivity contribution in [2.75, 3.05) is 11.4 Å². The Kier molecular flexibility index (Phi) is 3.93. The average Bonchev–Trinajstić information content (AvgIpc) is 3.04. The second kappa shape index (κ2) is 6.27. The summed E-state index contributed by atoms with van der Waals surface area (Å²) in [5.74, 6) is -1.76. The van der Waals surface area contributed by atoms with Gasteiger partial charge in [0, 0.05) is 23.2 Å². The standard InChI is InChI=1S/C19H17N3O4/c23-17-14-4-2-1-3-13(14)16(20-21-17)11-5-7-12(8-6-11)22-10-9-15(18(22)24)19(25)26/h1-8,15,18,24H,9-10H2,(H,21,23)(H,25,26). The van der Waals surface area contributed by atoms with Gasteiger partial charge in [-0.05, 0) is 24.6 Å². The fourth-order valence-electron chi connectivity index (χ4n) is 3.46. The highest BCUT2D eigenvalue weighted by atomic mass is 16.4. The lowest BCUT2D eigenvalue weighted by Gasteiger charge is -2.24. The molecule has 1 aromatic heterocycles. The minimum atomic E-state index is -1.04. The molecule has 0 amide bonds. The number of carboxylic acids is 1. The molecule has 2 unspecified atom stereocenters. The molecule has 132 valence electrons. The number of carbonyl (C=O) groups is 1. The molecule has 4 rings (SSSR count). The molecule has 7 heteroatoms. The van der Waals surface area contributed by atoms with Crippen molar-refractivity contribution in [1.82, 2.24) is 10.2 Å². The molecule has 0 bridgehead atoms. The van der Waals surface area contributed by atoms with Gasteiger partial charge in [-0.3, -0.25) is 9.59 Å². The maximum Gasteiger partial charge on any atom is 0.311 e. The van der Waals surface area contributed by atoms with E-state index in [0.29, 0.717) is 24.0 Å². The van der Waals surface area contributed by atoms with Gasteiger partial charge in [-0.2, -0.15) is 5.10 Å². The Morgan fingerprint density at radius 3 is 2.46 bits per heavy atom. The molecule has 0 aliphatic carbocycles. The summed E-state index contributed by atoms with van der Waals surface area (Å²) in [6, 6.07) is 14.6. The lowest BCUT2D eigenvalue weighted by atomic mass is 10.0. The summed E-state index contributed by atoms with van der Waals surface area (Å²) in [5, 5.41) is 27.4. The molecule has 26 heavy (non-hydrogen) atoms. The van der Waals surface area contributed by atoms with E-state index < -0.39 is 18.1 Å². The topological polar surface area (TPSA) is 107 Å². The monoisotopic (exact) mass is 351 g/mol. The Labute approximate surface area is 148 Å². The predicted octanol–water partition coefficient (Wildman–Crippen LogP) is 1.82. The summed E-state index contributed by atoms with van der Waals surface area (Å²) in [6.45, 7) is 0.483. The van der Waals surface area contributed by atoms with Crippen LogP contribution in [0.2, 0.25) is 0 Å². The van der Waals surface area contributed by atoms with Gasteiger partial charge in [0.1, 0.15) is 12.1 Å². The van der Waals surface area contributed by atoms with Crippen molar-refractivity contribution in [1.29, 1.82) is 0 Å². The van der Waals surface area contributed by atoms with Crippen molar-refractivity contribution in [2.24, 2.45) is 5.92 Å². The molecule has 0 radical (unpaired) electrons. The maximum atomic E-state index is 11.9. The molecule has 7 nitrogen and oxygen atoms in total. The van der Waals surface area contributed by atoms with E-state index >= 15 is 0 Å². The number of H-pyrrole nitrogens is 1. The third kappa shape index (κ3) is 2.62. The number of hydrogen-bond acceptors (Lipinski definition) is 5. The van der Waals surface area contributed by atoms with E-state index in [-0.39, 0.29) is 5.56 Å². The predicted molar refractivity (Wildman–Crippen MR) is 96.9 cm³/mol. The van der Waals surface area contributed by atoms with Crippen LogP contribution in [-0.2, 0) is 4.79 Å². The SMILES string of the molecule is O=C(O)C1CCN(c2ccc(-c3n[nH]c(=O)c4ccccc34)cc2)C1O. The van der Waals surface area contributed by atoms with Crippen molar-refractivity contribution in [2.45, 2.75) is 12.6 Å². The van der Waals surface area contributed by atoms with Crippen LogP contribution >= 0.6 is 0 Å². The van der Waals surface area contributed by atoms with Crippen LogP contribution < -0.4 is 10.5 Å². The van der Waals surface area contributed by atoms with Crippen molar-refractivity contribution in [3.05, 3.63) is 58.9 Å². The largest absolute Gasteiger partial charge is 0.481 e. The molecular formula is C19H17N3O4. The normalized spacial score (nSPS) is 19.8. The van der Waals surface area contributed by atoms with Gasteiger partial charge in [0.2, 0.25) is 0 Å². The number of hydrogen-bond donors (Lipinski definition) is 3. The quantitative estimate of drug-likeness (QED) is 0.664. The highest BCUT2D eigenvalue weighted by molar-refractivity contribution is 5.93. The summed E-state index contributed by atoms with van der Waals surface area (Å²) in [6.07, 6.45) is -0.630. The number of anilines is 1. The number of nitrogens with one attached hydrogen (secondary N) is 1. The summed E-state index contributed by atoms with van der Waals surface area (Å²) in [7, 11) is 0. The average molecular weight is 351 g/mol. The summed E-state index contributed by atoms with van der Waals surface area (Å²) in [4.78, 5) is 24.7. The molecule has 0 saturated carbocycles. The maximum absolute atomic E-state index is 11.9. The first-order valence-electron chi connectivity index (χ1n) is 8.31. The molecular weight excluding hydrogens is 334 g/mol. The van der Waals surface area contributed by atoms with Gasteiger partial charge in [0.05, 0.1) is 11.1 Å². The van der Waals surface area contributed by atoms with Gasteiger partial charge in [-0.25, -0.2) is 5.10 Å². The zero-order chi connectivity index (χ0) is 18.3. The van der Waals surface area contributed by atoms with E-state index in [1.54, 1.807) is 17.0 Å². The molecule has 2 heterocycles. The molecule has 3 aromatic rings. The second-order valence-corrected chi connectivity index (χ2v) is 6.33. The smallest absolute Gasteiger partial charge is 0.311 e. The highest BCUT2D eigenvalue weighted by Gasteiger charge is 2.37. The minimum absolute atomic E-state index is 0.235. The van der Waals surface area contributed by atoms with Crippen LogP contribution in [0.4, 0.5) is 5.69 Å². The third-order valence-corrected chi connectivity index (χ3v) is 4.85. The number of aromatic amines is 1. The van der Waals surface area contributed by atoms with Gasteiger partial charge in [0.15, 0.2) is 0 Å². The van der Waals surface area contributed by atoms with Crippen LogP contribution in [0.15, 0.2) is 53.3 Å². The number of aliphatic hydroxyl groups excluding tert-OH is 1. The van der Waals surface area contributed by atoms with Crippen molar-refractivity contribution in [3.8, 4) is 11.3 Å². The number of benzene rings is 2. The molecule has 3 N–H and O–H groups in total. The number of aliphatic carboxylic acids is 1. The van der Waals surface area contributed by atoms with E-state index in [9.17, 15) is 14.7 Å². The first-order chi connectivity index (χ1) is 12.6. The number of aliphatic hydroxyl groups is 1. The van der Waals surface area contributed by atoms with Crippen LogP contribution in [0, 0.1) is 5.92 Å². The summed E-state index contributed by atoms with van der Waals surface area (Å²) >= 11 is 0. The molecule has 1 aliphatic heterocycles. The van der Waals surface area contributed by atoms with Gasteiger partial charge < -0.3 is 15.1 Å². The van der Waals surface area contributed by atoms with Gasteiger partial charge >= 0.3 is 5.97 Å². The second-order valence-electron chi connectivity index (χ2n) is 6.33. The molecule has 1 aliphatic rings. The van der Waals surface area contributed by atoms with Crippen LogP contribution in [0.5, 0.6) is 0 Å². The van der Waals surface area contributed by atoms with Crippen molar-refractivity contribution >= 4 is 22.4 Å². The van der Waals surface area contributed by atoms with Crippen LogP contribution in [0.1, 0.15) is 6.42 Å². The van der Waals surface area contributed by atoms with Crippen molar-refractivity contribution < 1.29 is 15.0 Å². The first-order valence-corrected chi connectivity index (χ1v) is 8.31. The summed E-state index contributed by atoms with van der Waals surface area (Å²) < 4.78 is 0. The summed E-state index contributed by atoms with van der Waals surface area (Å²) in [5.41, 5.74) is 2.00. The Morgan fingerprint density at radius 1 is 1.12 bits per heavy atom. The van der Waals surface area contributed by atoms with Crippen LogP contribution in [0.3, 0.4) is 0 Å². The number of carboxylic acid groups (broad SMARTS) is 1. The Bertz CT molecular complexity index is 1030. The van der Waals surface area contributed by atoms with Crippen LogP contribution in [-0.4, -0.2) is 39.2 Å². The lowest BCUT2D eigenvalue weighted by Crippen LogP contribution is -2.35. The van der Waals surface area contributed by atoms with Crippen LogP contribution in [0.25, 0.3) is 22.0 Å². The first kappa shape index (κ1) is 16.3. The van der Waals surface area contributed by atoms with Gasteiger partial charge in [-0.15, -0.1) is 0 Å². The molecule has 1 saturated heterocycles. The third-order valence-electron chi connectivity index (χ3n) is 4.85. The fraction of sp³-hybridized carbons (Fsp3) is 0.211. The fourth-order valence-corrected chi connectivity index (χ4v) is 3.46. The Hall–Kier alpha value is -3.19. The molecule has 0 spiro atoms. The van der Waals surface area contributed by atoms with E-state index in [2.05, 4.69) is 10.2 Å². The zero-order valence-electron chi connectivity index (χ0n) is 13.8. The highest BCUT2D eigenvalue weighted by Crippen LogP contribution is 2.31. The number of nitrogens with zero attached hydrogens (tertiary/aromatic N) is 2. The molecule has 2 aromatic carbocycles. The van der Waals surface area contributed by atoms with Crippen molar-refractivity contribution in [3.63, 3.8) is 0 Å². The Balaban J connectivity index is 1.69. The van der Waals surface area contributed by atoms with Gasteiger partial charge in [-0.1, -0.05) is 30.3 Å². The number of fused-ring (bicyclic) bond motifs is 1. The molecule has 1 fully saturated rings. The van der Waals surface area contributed by atoms with E-state index in [1.807, 2.05) is 36.4 Å². The van der Waals surface area contributed by atoms with Gasteiger partial charge in [0.25, 0.3) is 5.56 Å². The minimum Gasteiger partial charge on any atom is -0.481 e. The lowest BCUT2D eigenvalue weighted by molar-refractivity contribution is -0.144. The van der Waals surface area contributed by atoms with E-state index in [4.69, 9.17) is 5.11 Å². The number of rotatable bonds is 3. The molecule has 2 atom stereocenters. The van der Waals surface area contributed by atoms with E-state index in [1.165, 1.54) is 0 Å².